The summed E-state index contributed by atoms with van der Waals surface area (Å²) in [5, 5.41) is 0. The molecular weight excluding hydrogens is 210 g/mol. The molecule has 2 aliphatic carbocycles. The Hall–Kier alpha value is -1.05. The lowest BCUT2D eigenvalue weighted by Gasteiger charge is -2.47. The van der Waals surface area contributed by atoms with Crippen LogP contribution in [0.15, 0.2) is 23.4 Å². The van der Waals surface area contributed by atoms with Crippen molar-refractivity contribution in [3.05, 3.63) is 23.4 Å². The Morgan fingerprint density at radius 1 is 1.41 bits per heavy atom. The van der Waals surface area contributed by atoms with Crippen LogP contribution < -0.4 is 0 Å². The number of allylic oxidation sites excluding steroid dienone is 3. The van der Waals surface area contributed by atoms with Gasteiger partial charge < -0.3 is 4.90 Å². The first-order chi connectivity index (χ1) is 7.93. The Bertz CT molecular complexity index is 390. The van der Waals surface area contributed by atoms with Gasteiger partial charge >= 0.3 is 0 Å². The number of ketones is 1. The summed E-state index contributed by atoms with van der Waals surface area (Å²) in [6.07, 6.45) is 5.41. The molecule has 0 N–H and O–H groups in total. The topological polar surface area (TPSA) is 20.3 Å². The maximum absolute atomic E-state index is 12.3. The fourth-order valence-electron chi connectivity index (χ4n) is 3.27. The number of Topliss-reactive ketones (excluding diaryl/α,β-unsaturated/α-hetero) is 1. The summed E-state index contributed by atoms with van der Waals surface area (Å²) in [7, 11) is 3.96. The molecule has 0 radical (unpaired) electrons. The fraction of sp³-hybridized carbons (Fsp3) is 0.667. The summed E-state index contributed by atoms with van der Waals surface area (Å²) < 4.78 is 0. The van der Waals surface area contributed by atoms with Crippen molar-refractivity contribution in [1.82, 2.24) is 4.90 Å². The van der Waals surface area contributed by atoms with Crippen molar-refractivity contribution in [2.75, 3.05) is 14.1 Å². The zero-order chi connectivity index (χ0) is 12.7. The number of hydrogen-bond donors (Lipinski definition) is 0. The summed E-state index contributed by atoms with van der Waals surface area (Å²) in [5.74, 6) is 2.17. The fourth-order valence-corrected chi connectivity index (χ4v) is 3.27. The van der Waals surface area contributed by atoms with Gasteiger partial charge in [0.1, 0.15) is 0 Å². The van der Waals surface area contributed by atoms with E-state index in [-0.39, 0.29) is 5.92 Å². The molecule has 0 aromatic heterocycles. The number of carbonyl (C=O) groups is 1. The van der Waals surface area contributed by atoms with Crippen LogP contribution >= 0.6 is 0 Å². The molecule has 0 aliphatic heterocycles. The lowest BCUT2D eigenvalue weighted by molar-refractivity contribution is -0.129. The van der Waals surface area contributed by atoms with Crippen molar-refractivity contribution < 1.29 is 4.79 Å². The van der Waals surface area contributed by atoms with Crippen molar-refractivity contribution >= 4 is 5.78 Å². The molecule has 3 atom stereocenters. The van der Waals surface area contributed by atoms with Crippen LogP contribution in [-0.2, 0) is 4.79 Å². The summed E-state index contributed by atoms with van der Waals surface area (Å²) in [4.78, 5) is 14.3. The largest absolute Gasteiger partial charge is 0.383 e. The van der Waals surface area contributed by atoms with E-state index in [1.807, 2.05) is 25.2 Å². The Kier molecular flexibility index (Phi) is 3.15. The molecule has 1 fully saturated rings. The number of carbonyl (C=O) groups excluding carboxylic acids is 1. The first kappa shape index (κ1) is 12.4. The lowest BCUT2D eigenvalue weighted by atomic mass is 9.55. The van der Waals surface area contributed by atoms with Crippen molar-refractivity contribution in [1.29, 1.82) is 0 Å². The van der Waals surface area contributed by atoms with Crippen LogP contribution in [0, 0.1) is 23.7 Å². The number of nitrogens with zero attached hydrogens (tertiary/aromatic N) is 1. The smallest absolute Gasteiger partial charge is 0.165 e. The Morgan fingerprint density at radius 2 is 2.06 bits per heavy atom. The zero-order valence-electron chi connectivity index (χ0n) is 11.5. The Morgan fingerprint density at radius 3 is 2.59 bits per heavy atom. The predicted molar refractivity (Wildman–Crippen MR) is 70.5 cm³/mol. The molecule has 0 aromatic rings. The molecule has 2 nitrogen and oxygen atoms in total. The SMILES string of the molecule is CC1=CC[C@H](C(C)C)[C@H]2C(=O)/C(=C/N(C)C)[C@@H]12. The maximum Gasteiger partial charge on any atom is 0.165 e. The van der Waals surface area contributed by atoms with Gasteiger partial charge in [-0.25, -0.2) is 0 Å². The van der Waals surface area contributed by atoms with Crippen molar-refractivity contribution in [2.45, 2.75) is 27.2 Å². The van der Waals surface area contributed by atoms with E-state index in [1.165, 1.54) is 5.57 Å². The molecule has 0 heterocycles. The van der Waals surface area contributed by atoms with E-state index in [0.29, 0.717) is 23.5 Å². The van der Waals surface area contributed by atoms with Gasteiger partial charge in [0, 0.05) is 37.7 Å². The molecule has 17 heavy (non-hydrogen) atoms. The molecule has 1 saturated carbocycles. The molecule has 0 aromatic carbocycles. The van der Waals surface area contributed by atoms with Gasteiger partial charge in [0.25, 0.3) is 0 Å². The van der Waals surface area contributed by atoms with Crippen LogP contribution in [-0.4, -0.2) is 24.8 Å². The third-order valence-corrected chi connectivity index (χ3v) is 4.20. The van der Waals surface area contributed by atoms with Gasteiger partial charge in [-0.15, -0.1) is 0 Å². The van der Waals surface area contributed by atoms with Gasteiger partial charge in [-0.2, -0.15) is 0 Å². The van der Waals surface area contributed by atoms with Crippen LogP contribution in [0.25, 0.3) is 0 Å². The first-order valence-electron chi connectivity index (χ1n) is 6.52. The minimum Gasteiger partial charge on any atom is -0.383 e. The molecule has 0 unspecified atom stereocenters. The van der Waals surface area contributed by atoms with Crippen molar-refractivity contribution in [3.8, 4) is 0 Å². The molecule has 0 spiro atoms. The van der Waals surface area contributed by atoms with E-state index in [4.69, 9.17) is 0 Å². The highest BCUT2D eigenvalue weighted by Gasteiger charge is 2.51. The van der Waals surface area contributed by atoms with Gasteiger partial charge in [0.15, 0.2) is 5.78 Å². The number of hydrogen-bond acceptors (Lipinski definition) is 2. The summed E-state index contributed by atoms with van der Waals surface area (Å²) in [6.45, 7) is 6.64. The van der Waals surface area contributed by atoms with E-state index in [0.717, 1.165) is 12.0 Å². The van der Waals surface area contributed by atoms with Crippen LogP contribution in [0.1, 0.15) is 27.2 Å². The van der Waals surface area contributed by atoms with Crippen LogP contribution in [0.2, 0.25) is 0 Å². The maximum atomic E-state index is 12.3. The highest BCUT2D eigenvalue weighted by atomic mass is 16.1. The monoisotopic (exact) mass is 233 g/mol. The van der Waals surface area contributed by atoms with E-state index in [1.54, 1.807) is 0 Å². The van der Waals surface area contributed by atoms with E-state index < -0.39 is 0 Å². The average molecular weight is 233 g/mol. The number of fused-ring (bicyclic) bond motifs is 1. The van der Waals surface area contributed by atoms with E-state index >= 15 is 0 Å². The molecule has 2 aliphatic rings. The van der Waals surface area contributed by atoms with Crippen molar-refractivity contribution in [3.63, 3.8) is 0 Å². The first-order valence-corrected chi connectivity index (χ1v) is 6.52. The van der Waals surface area contributed by atoms with Gasteiger partial charge in [0.05, 0.1) is 0 Å². The summed E-state index contributed by atoms with van der Waals surface area (Å²) >= 11 is 0. The van der Waals surface area contributed by atoms with Gasteiger partial charge in [0.2, 0.25) is 0 Å². The molecule has 2 heteroatoms. The second-order valence-corrected chi connectivity index (χ2v) is 6.01. The minimum absolute atomic E-state index is 0.256. The molecule has 0 saturated heterocycles. The van der Waals surface area contributed by atoms with Gasteiger partial charge in [-0.3, -0.25) is 4.79 Å². The van der Waals surface area contributed by atoms with Crippen LogP contribution in [0.5, 0.6) is 0 Å². The Balaban J connectivity index is 2.30. The minimum atomic E-state index is 0.256. The van der Waals surface area contributed by atoms with E-state index in [9.17, 15) is 4.79 Å². The van der Waals surface area contributed by atoms with Crippen LogP contribution in [0.3, 0.4) is 0 Å². The van der Waals surface area contributed by atoms with Crippen molar-refractivity contribution in [2.24, 2.45) is 23.7 Å². The van der Waals surface area contributed by atoms with Gasteiger partial charge in [-0.05, 0) is 25.2 Å². The quantitative estimate of drug-likeness (QED) is 0.540. The summed E-state index contributed by atoms with van der Waals surface area (Å²) in [6, 6.07) is 0. The molecule has 2 rings (SSSR count). The lowest BCUT2D eigenvalue weighted by Crippen LogP contribution is -2.49. The normalized spacial score (nSPS) is 34.5. The van der Waals surface area contributed by atoms with E-state index in [2.05, 4.69) is 26.8 Å². The Labute approximate surface area is 104 Å². The molecular formula is C15H23NO. The highest BCUT2D eigenvalue weighted by molar-refractivity contribution is 6.06. The summed E-state index contributed by atoms with van der Waals surface area (Å²) in [5.41, 5.74) is 2.40. The highest BCUT2D eigenvalue weighted by Crippen LogP contribution is 2.51. The molecule has 94 valence electrons. The number of rotatable bonds is 2. The molecule has 0 bridgehead atoms. The van der Waals surface area contributed by atoms with Gasteiger partial charge in [-0.1, -0.05) is 25.5 Å². The zero-order valence-corrected chi connectivity index (χ0v) is 11.5. The standard InChI is InChI=1S/C15H23NO/c1-9(2)11-7-6-10(3)13-12(8-16(4)5)15(17)14(11)13/h6,8-9,11,13-14H,7H2,1-5H3/b12-8+/t11-,13-,14-/m1/s1. The third-order valence-electron chi connectivity index (χ3n) is 4.20. The average Bonchev–Trinajstić information content (AvgIpc) is 2.25. The second kappa shape index (κ2) is 4.32. The third kappa shape index (κ3) is 1.94. The van der Waals surface area contributed by atoms with Crippen LogP contribution in [0.4, 0.5) is 0 Å². The molecule has 0 amide bonds. The second-order valence-electron chi connectivity index (χ2n) is 6.01. The predicted octanol–water partition coefficient (Wildman–Crippen LogP) is 2.87.